The predicted octanol–water partition coefficient (Wildman–Crippen LogP) is 4.38. The van der Waals surface area contributed by atoms with E-state index in [1.165, 1.54) is 82.6 Å². The highest BCUT2D eigenvalue weighted by Crippen LogP contribution is 2.09. The largest absolute Gasteiger partial charge is 0.338 e. The molecule has 0 aliphatic carbocycles. The normalized spacial score (nSPS) is 11.6. The Kier molecular flexibility index (Phi) is 10.2. The molecule has 2 aromatic heterocycles. The van der Waals surface area contributed by atoms with Crippen LogP contribution >= 0.6 is 0 Å². The zero-order valence-corrected chi connectivity index (χ0v) is 17.7. The second kappa shape index (κ2) is 12.7. The van der Waals surface area contributed by atoms with Crippen LogP contribution in [-0.4, -0.2) is 43.6 Å². The molecule has 0 saturated heterocycles. The molecule has 152 valence electrons. The van der Waals surface area contributed by atoms with Crippen LogP contribution in [-0.2, 0) is 26.9 Å². The average Bonchev–Trinajstić information content (AvgIpc) is 3.26. The quantitative estimate of drug-likeness (QED) is 0.435. The van der Waals surface area contributed by atoms with Gasteiger partial charge in [-0.1, -0.05) is 39.0 Å². The summed E-state index contributed by atoms with van der Waals surface area (Å²) >= 11 is 0. The maximum atomic E-state index is 4.46. The molecule has 27 heavy (non-hydrogen) atoms. The molecule has 2 heterocycles. The summed E-state index contributed by atoms with van der Waals surface area (Å²) in [5.41, 5.74) is 0. The first-order chi connectivity index (χ1) is 13.2. The molecule has 0 bridgehead atoms. The van der Waals surface area contributed by atoms with E-state index in [4.69, 9.17) is 0 Å². The van der Waals surface area contributed by atoms with Crippen molar-refractivity contribution in [2.24, 2.45) is 14.1 Å². The molecule has 0 aromatic carbocycles. The first-order valence-electron chi connectivity index (χ1n) is 10.9. The molecule has 0 saturated carbocycles. The van der Waals surface area contributed by atoms with Crippen molar-refractivity contribution in [2.45, 2.75) is 71.1 Å². The lowest BCUT2D eigenvalue weighted by Gasteiger charge is -2.22. The van der Waals surface area contributed by atoms with E-state index >= 15 is 0 Å². The van der Waals surface area contributed by atoms with Crippen LogP contribution in [0.2, 0.25) is 0 Å². The Morgan fingerprint density at radius 3 is 1.67 bits per heavy atom. The van der Waals surface area contributed by atoms with E-state index in [1.807, 2.05) is 24.8 Å². The Morgan fingerprint density at radius 1 is 0.704 bits per heavy atom. The Labute approximate surface area is 165 Å². The molecule has 2 aromatic rings. The topological polar surface area (TPSA) is 38.9 Å². The van der Waals surface area contributed by atoms with Crippen LogP contribution in [0.25, 0.3) is 0 Å². The number of unbranched alkanes of at least 4 members (excludes halogenated alkanes) is 5. The molecule has 0 amide bonds. The fourth-order valence-corrected chi connectivity index (χ4v) is 3.65. The van der Waals surface area contributed by atoms with Gasteiger partial charge in [0.25, 0.3) is 0 Å². The van der Waals surface area contributed by atoms with E-state index in [0.29, 0.717) is 0 Å². The molecule has 0 atom stereocenters. The number of hydrogen-bond donors (Lipinski definition) is 0. The van der Waals surface area contributed by atoms with Gasteiger partial charge in [0.2, 0.25) is 0 Å². The lowest BCUT2D eigenvalue weighted by Crippen LogP contribution is -2.28. The van der Waals surface area contributed by atoms with Gasteiger partial charge in [0.1, 0.15) is 11.6 Å². The molecule has 0 spiro atoms. The lowest BCUT2D eigenvalue weighted by atomic mass is 10.1. The van der Waals surface area contributed by atoms with Crippen LogP contribution in [0.15, 0.2) is 24.8 Å². The van der Waals surface area contributed by atoms with Crippen LogP contribution in [0.5, 0.6) is 0 Å². The molecule has 5 heteroatoms. The molecule has 0 unspecified atom stereocenters. The summed E-state index contributed by atoms with van der Waals surface area (Å²) in [6, 6.07) is 0. The standard InChI is InChI=1S/C22H39N5/c1-4-5-6-7-8-9-16-27(17-10-12-21-23-14-19-25(21)2)18-11-13-22-24-15-20-26(22)3/h14-15,19-20H,4-13,16-18H2,1-3H3. The summed E-state index contributed by atoms with van der Waals surface area (Å²) < 4.78 is 4.28. The molecule has 0 aliphatic heterocycles. The maximum Gasteiger partial charge on any atom is 0.108 e. The summed E-state index contributed by atoms with van der Waals surface area (Å²) in [6.07, 6.45) is 20.6. The van der Waals surface area contributed by atoms with Gasteiger partial charge in [0.05, 0.1) is 0 Å². The number of aryl methyl sites for hydroxylation is 4. The minimum absolute atomic E-state index is 1.07. The third kappa shape index (κ3) is 8.29. The van der Waals surface area contributed by atoms with Gasteiger partial charge >= 0.3 is 0 Å². The first kappa shape index (κ1) is 21.7. The fourth-order valence-electron chi connectivity index (χ4n) is 3.65. The van der Waals surface area contributed by atoms with Crippen molar-refractivity contribution in [3.63, 3.8) is 0 Å². The predicted molar refractivity (Wildman–Crippen MR) is 113 cm³/mol. The third-order valence-corrected chi connectivity index (χ3v) is 5.42. The second-order valence-corrected chi connectivity index (χ2v) is 7.73. The number of nitrogens with zero attached hydrogens (tertiary/aromatic N) is 5. The van der Waals surface area contributed by atoms with Crippen LogP contribution in [0.1, 0.15) is 69.9 Å². The number of hydrogen-bond acceptors (Lipinski definition) is 3. The Hall–Kier alpha value is -1.62. The first-order valence-corrected chi connectivity index (χ1v) is 10.9. The SMILES string of the molecule is CCCCCCCCN(CCCc1nccn1C)CCCc1nccn1C. The second-order valence-electron chi connectivity index (χ2n) is 7.73. The van der Waals surface area contributed by atoms with Crippen molar-refractivity contribution in [3.05, 3.63) is 36.4 Å². The van der Waals surface area contributed by atoms with Crippen LogP contribution in [0.4, 0.5) is 0 Å². The van der Waals surface area contributed by atoms with E-state index in [2.05, 4.69) is 45.0 Å². The minimum Gasteiger partial charge on any atom is -0.338 e. The van der Waals surface area contributed by atoms with Crippen LogP contribution in [0.3, 0.4) is 0 Å². The monoisotopic (exact) mass is 373 g/mol. The fraction of sp³-hybridized carbons (Fsp3) is 0.727. The van der Waals surface area contributed by atoms with E-state index in [-0.39, 0.29) is 0 Å². The van der Waals surface area contributed by atoms with Gasteiger partial charge in [-0.05, 0) is 38.9 Å². The molecule has 2 rings (SSSR count). The molecule has 0 N–H and O–H groups in total. The zero-order valence-electron chi connectivity index (χ0n) is 17.7. The van der Waals surface area contributed by atoms with Gasteiger partial charge in [-0.15, -0.1) is 0 Å². The summed E-state index contributed by atoms with van der Waals surface area (Å²) in [5, 5.41) is 0. The highest BCUT2D eigenvalue weighted by molar-refractivity contribution is 4.92. The van der Waals surface area contributed by atoms with E-state index in [0.717, 1.165) is 12.8 Å². The van der Waals surface area contributed by atoms with Crippen molar-refractivity contribution in [2.75, 3.05) is 19.6 Å². The Bertz CT molecular complexity index is 570. The Morgan fingerprint density at radius 2 is 1.19 bits per heavy atom. The Balaban J connectivity index is 1.70. The van der Waals surface area contributed by atoms with Gasteiger partial charge in [0.15, 0.2) is 0 Å². The van der Waals surface area contributed by atoms with Gasteiger partial charge in [-0.2, -0.15) is 0 Å². The summed E-state index contributed by atoms with van der Waals surface area (Å²) in [4.78, 5) is 11.6. The molecule has 0 radical (unpaired) electrons. The average molecular weight is 374 g/mol. The summed E-state index contributed by atoms with van der Waals surface area (Å²) in [6.45, 7) is 5.85. The number of imidazole rings is 2. The van der Waals surface area contributed by atoms with Gasteiger partial charge in [0, 0.05) is 51.7 Å². The third-order valence-electron chi connectivity index (χ3n) is 5.42. The number of rotatable bonds is 15. The van der Waals surface area contributed by atoms with Crippen molar-refractivity contribution < 1.29 is 0 Å². The van der Waals surface area contributed by atoms with Gasteiger partial charge < -0.3 is 14.0 Å². The molecule has 0 fully saturated rings. The van der Waals surface area contributed by atoms with E-state index < -0.39 is 0 Å². The molecular weight excluding hydrogens is 334 g/mol. The highest BCUT2D eigenvalue weighted by atomic mass is 15.1. The maximum absolute atomic E-state index is 4.46. The van der Waals surface area contributed by atoms with E-state index in [9.17, 15) is 0 Å². The number of aromatic nitrogens is 4. The minimum atomic E-state index is 1.07. The molecule has 5 nitrogen and oxygen atoms in total. The van der Waals surface area contributed by atoms with Crippen LogP contribution < -0.4 is 0 Å². The summed E-state index contributed by atoms with van der Waals surface area (Å²) in [7, 11) is 4.17. The van der Waals surface area contributed by atoms with Crippen molar-refractivity contribution in [1.82, 2.24) is 24.0 Å². The van der Waals surface area contributed by atoms with Gasteiger partial charge in [-0.3, -0.25) is 0 Å². The highest BCUT2D eigenvalue weighted by Gasteiger charge is 2.08. The van der Waals surface area contributed by atoms with Gasteiger partial charge in [-0.25, -0.2) is 9.97 Å². The van der Waals surface area contributed by atoms with Crippen molar-refractivity contribution in [1.29, 1.82) is 0 Å². The summed E-state index contributed by atoms with van der Waals surface area (Å²) in [5.74, 6) is 2.39. The van der Waals surface area contributed by atoms with E-state index in [1.54, 1.807) is 0 Å². The smallest absolute Gasteiger partial charge is 0.108 e. The molecule has 0 aliphatic rings. The lowest BCUT2D eigenvalue weighted by molar-refractivity contribution is 0.259. The zero-order chi connectivity index (χ0) is 19.3. The molecular formula is C22H39N5. The van der Waals surface area contributed by atoms with Crippen LogP contribution in [0, 0.1) is 0 Å². The van der Waals surface area contributed by atoms with Crippen molar-refractivity contribution >= 4 is 0 Å². The van der Waals surface area contributed by atoms with Crippen molar-refractivity contribution in [3.8, 4) is 0 Å².